The molecular weight excluding hydrogens is 448 g/mol. The van der Waals surface area contributed by atoms with Crippen molar-refractivity contribution in [2.75, 3.05) is 38.3 Å². The minimum atomic E-state index is -3.43. The molecule has 3 amide bonds. The van der Waals surface area contributed by atoms with Crippen molar-refractivity contribution in [3.8, 4) is 5.75 Å². The van der Waals surface area contributed by atoms with Gasteiger partial charge in [0.2, 0.25) is 15.9 Å². The number of hydrogen-bond donors (Lipinski definition) is 3. The van der Waals surface area contributed by atoms with Crippen LogP contribution in [0.25, 0.3) is 0 Å². The van der Waals surface area contributed by atoms with E-state index in [1.807, 2.05) is 20.8 Å². The Morgan fingerprint density at radius 3 is 2.58 bits per heavy atom. The Hall–Kier alpha value is -2.37. The van der Waals surface area contributed by atoms with E-state index in [1.54, 1.807) is 30.0 Å². The van der Waals surface area contributed by atoms with Crippen LogP contribution in [0, 0.1) is 5.92 Å². The van der Waals surface area contributed by atoms with Gasteiger partial charge in [0.1, 0.15) is 11.9 Å². The standard InChI is InChI=1S/C22H36N4O6S/c1-14(2)23-22(29)24-18-7-8-19-17(9-18)10-21(28)26(16(4)13-27)11-15(3)20(32-19)12-25(5)33(6,30)31/h7-9,14-16,20,27H,10-13H2,1-6H3,(H2,23,24,29). The molecule has 1 aliphatic heterocycles. The number of amides is 3. The number of nitrogens with zero attached hydrogens (tertiary/aromatic N) is 2. The molecule has 1 heterocycles. The van der Waals surface area contributed by atoms with Crippen molar-refractivity contribution in [2.24, 2.45) is 5.92 Å². The van der Waals surface area contributed by atoms with E-state index in [2.05, 4.69) is 10.6 Å². The first-order valence-corrected chi connectivity index (χ1v) is 12.8. The van der Waals surface area contributed by atoms with Crippen LogP contribution in [0.1, 0.15) is 33.3 Å². The van der Waals surface area contributed by atoms with Crippen molar-refractivity contribution in [1.82, 2.24) is 14.5 Å². The number of aliphatic hydroxyl groups excluding tert-OH is 1. The van der Waals surface area contributed by atoms with Crippen LogP contribution in [-0.2, 0) is 21.2 Å². The molecule has 186 valence electrons. The average molecular weight is 485 g/mol. The number of benzene rings is 1. The van der Waals surface area contributed by atoms with Gasteiger partial charge in [0.05, 0.1) is 31.9 Å². The maximum Gasteiger partial charge on any atom is 0.319 e. The van der Waals surface area contributed by atoms with Crippen LogP contribution < -0.4 is 15.4 Å². The van der Waals surface area contributed by atoms with Crippen LogP contribution in [-0.4, -0.2) is 85.9 Å². The first kappa shape index (κ1) is 26.9. The maximum absolute atomic E-state index is 13.1. The van der Waals surface area contributed by atoms with Gasteiger partial charge in [-0.2, -0.15) is 0 Å². The molecule has 33 heavy (non-hydrogen) atoms. The highest BCUT2D eigenvalue weighted by molar-refractivity contribution is 7.88. The molecule has 1 aromatic rings. The summed E-state index contributed by atoms with van der Waals surface area (Å²) in [4.78, 5) is 26.9. The Kier molecular flexibility index (Phi) is 9.10. The number of carbonyl (C=O) groups excluding carboxylic acids is 2. The second-order valence-corrected chi connectivity index (χ2v) is 11.1. The number of carbonyl (C=O) groups is 2. The first-order chi connectivity index (χ1) is 15.3. The van der Waals surface area contributed by atoms with Crippen molar-refractivity contribution in [2.45, 2.75) is 52.3 Å². The number of fused-ring (bicyclic) bond motifs is 1. The van der Waals surface area contributed by atoms with Crippen molar-refractivity contribution >= 4 is 27.6 Å². The SMILES string of the molecule is CC(C)NC(=O)Nc1ccc2c(c1)CC(=O)N(C(C)CO)CC(C)C(CN(C)S(C)(=O)=O)O2. The second kappa shape index (κ2) is 11.2. The Balaban J connectivity index is 2.43. The predicted octanol–water partition coefficient (Wildman–Crippen LogP) is 1.26. The Bertz CT molecular complexity index is 952. The van der Waals surface area contributed by atoms with E-state index in [4.69, 9.17) is 4.74 Å². The van der Waals surface area contributed by atoms with Gasteiger partial charge in [0.15, 0.2) is 0 Å². The zero-order valence-electron chi connectivity index (χ0n) is 20.2. The fourth-order valence-corrected chi connectivity index (χ4v) is 3.96. The third-order valence-corrected chi connectivity index (χ3v) is 6.88. The zero-order chi connectivity index (χ0) is 24.9. The van der Waals surface area contributed by atoms with E-state index >= 15 is 0 Å². The summed E-state index contributed by atoms with van der Waals surface area (Å²) < 4.78 is 31.5. The number of hydrogen-bond acceptors (Lipinski definition) is 6. The van der Waals surface area contributed by atoms with Crippen molar-refractivity contribution in [3.05, 3.63) is 23.8 Å². The molecule has 0 radical (unpaired) electrons. The number of rotatable bonds is 7. The third kappa shape index (κ3) is 7.58. The third-order valence-electron chi connectivity index (χ3n) is 5.60. The van der Waals surface area contributed by atoms with E-state index in [0.29, 0.717) is 23.5 Å². The van der Waals surface area contributed by atoms with Crippen LogP contribution in [0.5, 0.6) is 5.75 Å². The van der Waals surface area contributed by atoms with Gasteiger partial charge in [0.25, 0.3) is 0 Å². The van der Waals surface area contributed by atoms with Crippen LogP contribution in [0.15, 0.2) is 18.2 Å². The molecule has 10 nitrogen and oxygen atoms in total. The fourth-order valence-electron chi connectivity index (χ4n) is 3.54. The summed E-state index contributed by atoms with van der Waals surface area (Å²) in [5.41, 5.74) is 1.07. The number of sulfonamides is 1. The molecule has 0 fully saturated rings. The number of anilines is 1. The van der Waals surface area contributed by atoms with Gasteiger partial charge in [0, 0.05) is 36.8 Å². The largest absolute Gasteiger partial charge is 0.488 e. The van der Waals surface area contributed by atoms with Gasteiger partial charge in [-0.25, -0.2) is 17.5 Å². The molecule has 0 saturated carbocycles. The van der Waals surface area contributed by atoms with E-state index in [9.17, 15) is 23.1 Å². The van der Waals surface area contributed by atoms with Crippen LogP contribution in [0.2, 0.25) is 0 Å². The van der Waals surface area contributed by atoms with Gasteiger partial charge < -0.3 is 25.4 Å². The molecule has 2 rings (SSSR count). The van der Waals surface area contributed by atoms with Crippen LogP contribution in [0.3, 0.4) is 0 Å². The molecule has 0 saturated heterocycles. The molecule has 0 bridgehead atoms. The van der Waals surface area contributed by atoms with Gasteiger partial charge in [-0.05, 0) is 39.0 Å². The summed E-state index contributed by atoms with van der Waals surface area (Å²) in [6.07, 6.45) is 0.609. The highest BCUT2D eigenvalue weighted by Gasteiger charge is 2.32. The average Bonchev–Trinajstić information content (AvgIpc) is 2.74. The molecule has 3 atom stereocenters. The van der Waals surface area contributed by atoms with Gasteiger partial charge >= 0.3 is 6.03 Å². The number of aliphatic hydroxyl groups is 1. The van der Waals surface area contributed by atoms with Crippen molar-refractivity contribution in [3.63, 3.8) is 0 Å². The van der Waals surface area contributed by atoms with Gasteiger partial charge in [-0.15, -0.1) is 0 Å². The van der Waals surface area contributed by atoms with E-state index < -0.39 is 22.2 Å². The molecule has 0 spiro atoms. The van der Waals surface area contributed by atoms with Crippen molar-refractivity contribution in [1.29, 1.82) is 0 Å². The monoisotopic (exact) mass is 484 g/mol. The fraction of sp³-hybridized carbons (Fsp3) is 0.636. The molecule has 3 N–H and O–H groups in total. The van der Waals surface area contributed by atoms with Crippen molar-refractivity contribution < 1.29 is 27.9 Å². The van der Waals surface area contributed by atoms with Crippen LogP contribution >= 0.6 is 0 Å². The molecule has 11 heteroatoms. The topological polar surface area (TPSA) is 128 Å². The lowest BCUT2D eigenvalue weighted by Gasteiger charge is -2.33. The first-order valence-electron chi connectivity index (χ1n) is 11.0. The Morgan fingerprint density at radius 1 is 1.33 bits per heavy atom. The number of nitrogens with one attached hydrogen (secondary N) is 2. The maximum atomic E-state index is 13.1. The molecule has 1 aliphatic rings. The lowest BCUT2D eigenvalue weighted by atomic mass is 10.0. The highest BCUT2D eigenvalue weighted by atomic mass is 32.2. The summed E-state index contributed by atoms with van der Waals surface area (Å²) >= 11 is 0. The Labute approximate surface area is 196 Å². The summed E-state index contributed by atoms with van der Waals surface area (Å²) in [6, 6.07) is 4.23. The van der Waals surface area contributed by atoms with Gasteiger partial charge in [-0.1, -0.05) is 6.92 Å². The number of likely N-dealkylation sites (N-methyl/N-ethyl adjacent to an activating group) is 1. The molecule has 1 aromatic carbocycles. The normalized spacial score (nSPS) is 20.4. The molecular formula is C22H36N4O6S. The molecule has 0 aromatic heterocycles. The molecule has 3 unspecified atom stereocenters. The summed E-state index contributed by atoms with van der Waals surface area (Å²) in [5.74, 6) is 0.0530. The second-order valence-electron chi connectivity index (χ2n) is 9.01. The molecule has 0 aliphatic carbocycles. The zero-order valence-corrected chi connectivity index (χ0v) is 21.0. The smallest absolute Gasteiger partial charge is 0.319 e. The summed E-state index contributed by atoms with van der Waals surface area (Å²) in [5, 5.41) is 15.2. The minimum absolute atomic E-state index is 0.0162. The number of ether oxygens (including phenoxy) is 1. The van der Waals surface area contributed by atoms with E-state index in [-0.39, 0.29) is 43.5 Å². The lowest BCUT2D eigenvalue weighted by Crippen LogP contribution is -2.48. The quantitative estimate of drug-likeness (QED) is 0.535. The van der Waals surface area contributed by atoms with E-state index in [0.717, 1.165) is 6.26 Å². The van der Waals surface area contributed by atoms with E-state index in [1.165, 1.54) is 11.4 Å². The minimum Gasteiger partial charge on any atom is -0.488 e. The summed E-state index contributed by atoms with van der Waals surface area (Å²) in [7, 11) is -1.95. The van der Waals surface area contributed by atoms with Gasteiger partial charge in [-0.3, -0.25) is 4.79 Å². The lowest BCUT2D eigenvalue weighted by molar-refractivity contribution is -0.134. The highest BCUT2D eigenvalue weighted by Crippen LogP contribution is 2.29. The number of urea groups is 1. The summed E-state index contributed by atoms with van der Waals surface area (Å²) in [6.45, 7) is 7.56. The Morgan fingerprint density at radius 2 is 2.00 bits per heavy atom. The predicted molar refractivity (Wildman–Crippen MR) is 127 cm³/mol. The van der Waals surface area contributed by atoms with Crippen LogP contribution in [0.4, 0.5) is 10.5 Å².